The molecule has 0 saturated heterocycles. The highest BCUT2D eigenvalue weighted by atomic mass is 16.5. The summed E-state index contributed by atoms with van der Waals surface area (Å²) in [7, 11) is 1.86. The Balaban J connectivity index is 2.01. The Morgan fingerprint density at radius 2 is 1.46 bits per heavy atom. The number of methoxy groups -OCH3 is 1. The van der Waals surface area contributed by atoms with Gasteiger partial charge in [-0.1, -0.05) is 69.2 Å². The van der Waals surface area contributed by atoms with E-state index in [4.69, 9.17) is 4.74 Å². The van der Waals surface area contributed by atoms with Crippen LogP contribution < -0.4 is 4.74 Å². The Kier molecular flexibility index (Phi) is 6.59. The van der Waals surface area contributed by atoms with Gasteiger partial charge in [-0.25, -0.2) is 0 Å². The molecule has 1 heteroatoms. The van der Waals surface area contributed by atoms with Crippen molar-refractivity contribution < 1.29 is 4.74 Å². The highest BCUT2D eigenvalue weighted by Gasteiger charge is 2.70. The van der Waals surface area contributed by atoms with Crippen LogP contribution in [-0.2, 0) is 0 Å². The second-order valence-electron chi connectivity index (χ2n) is 14.8. The number of rotatable bonds is 3. The van der Waals surface area contributed by atoms with Gasteiger partial charge in [-0.2, -0.15) is 0 Å². The van der Waals surface area contributed by atoms with Crippen molar-refractivity contribution in [2.45, 2.75) is 121 Å². The maximum Gasteiger partial charge on any atom is 0.125 e. The summed E-state index contributed by atoms with van der Waals surface area (Å²) in [5.41, 5.74) is 8.68. The van der Waals surface area contributed by atoms with E-state index in [1.807, 2.05) is 7.11 Å². The Labute approximate surface area is 218 Å². The van der Waals surface area contributed by atoms with E-state index in [1.54, 1.807) is 11.1 Å². The summed E-state index contributed by atoms with van der Waals surface area (Å²) in [5.74, 6) is 6.70. The van der Waals surface area contributed by atoms with Gasteiger partial charge in [0.2, 0.25) is 0 Å². The molecule has 1 aromatic rings. The molecule has 1 nitrogen and oxygen atoms in total. The zero-order valence-corrected chi connectivity index (χ0v) is 25.6. The van der Waals surface area contributed by atoms with Gasteiger partial charge < -0.3 is 4.74 Å². The monoisotopic (exact) mass is 480 g/mol. The summed E-state index contributed by atoms with van der Waals surface area (Å²) in [6.45, 7) is 33.1. The molecular weight excluding hydrogens is 424 g/mol. The first-order valence-electron chi connectivity index (χ1n) is 14.8. The van der Waals surface area contributed by atoms with Gasteiger partial charge in [0.05, 0.1) is 7.11 Å². The van der Waals surface area contributed by atoms with Crippen molar-refractivity contribution in [1.82, 2.24) is 0 Å². The smallest absolute Gasteiger partial charge is 0.125 e. The van der Waals surface area contributed by atoms with Crippen molar-refractivity contribution in [2.24, 2.45) is 51.8 Å². The molecule has 3 aliphatic carbocycles. The third kappa shape index (κ3) is 3.24. The summed E-state index contributed by atoms with van der Waals surface area (Å²) < 4.78 is 5.98. The van der Waals surface area contributed by atoms with E-state index in [9.17, 15) is 0 Å². The Hall–Kier alpha value is -0.980. The van der Waals surface area contributed by atoms with Gasteiger partial charge in [0.15, 0.2) is 0 Å². The van der Waals surface area contributed by atoms with Crippen molar-refractivity contribution in [1.29, 1.82) is 0 Å². The minimum atomic E-state index is 0.333. The predicted octanol–water partition coefficient (Wildman–Crippen LogP) is 9.85. The lowest BCUT2D eigenvalue weighted by Gasteiger charge is -2.74. The summed E-state index contributed by atoms with van der Waals surface area (Å²) >= 11 is 0. The average Bonchev–Trinajstić information content (AvgIpc) is 2.76. The summed E-state index contributed by atoms with van der Waals surface area (Å²) in [6, 6.07) is 0. The van der Waals surface area contributed by atoms with Crippen LogP contribution in [0.2, 0.25) is 0 Å². The fourth-order valence-corrected chi connectivity index (χ4v) is 11.1. The van der Waals surface area contributed by atoms with Crippen LogP contribution >= 0.6 is 0 Å². The van der Waals surface area contributed by atoms with E-state index < -0.39 is 0 Å². The molecule has 3 aliphatic rings. The lowest BCUT2D eigenvalue weighted by atomic mass is 9.30. The summed E-state index contributed by atoms with van der Waals surface area (Å²) in [5, 5.41) is 0. The van der Waals surface area contributed by atoms with Crippen molar-refractivity contribution in [2.75, 3.05) is 7.11 Å². The number of hydrogen-bond donors (Lipinski definition) is 0. The van der Waals surface area contributed by atoms with Crippen LogP contribution in [-0.4, -0.2) is 7.11 Å². The van der Waals surface area contributed by atoms with Crippen LogP contribution in [0.3, 0.4) is 0 Å². The van der Waals surface area contributed by atoms with Crippen LogP contribution in [0, 0.1) is 72.5 Å². The Morgan fingerprint density at radius 3 is 2.00 bits per heavy atom. The van der Waals surface area contributed by atoms with Crippen molar-refractivity contribution in [3.8, 4) is 5.75 Å². The third-order valence-corrected chi connectivity index (χ3v) is 13.2. The molecule has 10 unspecified atom stereocenters. The van der Waals surface area contributed by atoms with Crippen LogP contribution in [0.4, 0.5) is 0 Å². The molecule has 4 rings (SSSR count). The molecule has 2 saturated carbocycles. The highest BCUT2D eigenvalue weighted by Crippen LogP contribution is 2.77. The van der Waals surface area contributed by atoms with Gasteiger partial charge in [-0.3, -0.25) is 0 Å². The summed E-state index contributed by atoms with van der Waals surface area (Å²) in [4.78, 5) is 0. The number of ether oxygens (including phenoxy) is 1. The predicted molar refractivity (Wildman–Crippen MR) is 152 cm³/mol. The first kappa shape index (κ1) is 27.1. The van der Waals surface area contributed by atoms with Crippen LogP contribution in [0.15, 0.2) is 0 Å². The molecule has 198 valence electrons. The molecule has 0 N–H and O–H groups in total. The van der Waals surface area contributed by atoms with Crippen LogP contribution in [0.5, 0.6) is 5.75 Å². The van der Waals surface area contributed by atoms with Crippen molar-refractivity contribution in [3.63, 3.8) is 0 Å². The van der Waals surface area contributed by atoms with Crippen LogP contribution in [0.25, 0.3) is 0 Å². The Morgan fingerprint density at radius 1 is 0.857 bits per heavy atom. The molecule has 0 aromatic heterocycles. The minimum absolute atomic E-state index is 0.333. The molecule has 0 spiro atoms. The largest absolute Gasteiger partial charge is 0.496 e. The zero-order valence-electron chi connectivity index (χ0n) is 25.6. The standard InChI is InChI=1S/C34H56O/c1-18(2)16-32(11)20(4)15-21(5)34(13)30-24(8)22(6)28-26(10)31(35-14)25(9)23(7)29(28)27(30)19(3)17-33(32,34)12/h18-22,24,27,30H,15-17H2,1-14H3. The lowest BCUT2D eigenvalue weighted by Crippen LogP contribution is -2.67. The molecule has 0 radical (unpaired) electrons. The zero-order chi connectivity index (χ0) is 26.4. The van der Waals surface area contributed by atoms with E-state index in [-0.39, 0.29) is 0 Å². The molecule has 1 aromatic carbocycles. The molecular formula is C34H56O. The Bertz CT molecular complexity index is 989. The fourth-order valence-electron chi connectivity index (χ4n) is 11.1. The van der Waals surface area contributed by atoms with Gasteiger partial charge in [-0.05, 0) is 131 Å². The fraction of sp³-hybridized carbons (Fsp3) is 0.824. The molecule has 2 fully saturated rings. The first-order valence-corrected chi connectivity index (χ1v) is 14.8. The third-order valence-electron chi connectivity index (χ3n) is 13.2. The number of fused-ring (bicyclic) bond motifs is 5. The maximum absolute atomic E-state index is 5.98. The highest BCUT2D eigenvalue weighted by molar-refractivity contribution is 5.58. The van der Waals surface area contributed by atoms with E-state index in [2.05, 4.69) is 90.0 Å². The SMILES string of the molecule is COc1c(C)c(C)c2c(c1C)C(C)C(C)C1C2C(C)CC2(C)C(C)(CC(C)C)C(C)CC(C)C12C. The van der Waals surface area contributed by atoms with Gasteiger partial charge in [0.1, 0.15) is 5.75 Å². The van der Waals surface area contributed by atoms with E-state index >= 15 is 0 Å². The molecule has 0 amide bonds. The van der Waals surface area contributed by atoms with Gasteiger partial charge >= 0.3 is 0 Å². The van der Waals surface area contributed by atoms with E-state index in [1.165, 1.54) is 36.0 Å². The molecule has 0 heterocycles. The maximum atomic E-state index is 5.98. The second-order valence-corrected chi connectivity index (χ2v) is 14.8. The molecule has 0 aliphatic heterocycles. The van der Waals surface area contributed by atoms with Crippen molar-refractivity contribution >= 4 is 0 Å². The topological polar surface area (TPSA) is 9.23 Å². The quantitative estimate of drug-likeness (QED) is 0.418. The lowest BCUT2D eigenvalue weighted by molar-refractivity contribution is -0.242. The average molecular weight is 481 g/mol. The minimum Gasteiger partial charge on any atom is -0.496 e. The van der Waals surface area contributed by atoms with Gasteiger partial charge in [0.25, 0.3) is 0 Å². The van der Waals surface area contributed by atoms with Crippen molar-refractivity contribution in [3.05, 3.63) is 27.8 Å². The number of benzene rings is 1. The van der Waals surface area contributed by atoms with Crippen LogP contribution in [0.1, 0.15) is 128 Å². The van der Waals surface area contributed by atoms with Gasteiger partial charge in [0, 0.05) is 0 Å². The summed E-state index contributed by atoms with van der Waals surface area (Å²) in [6.07, 6.45) is 4.08. The van der Waals surface area contributed by atoms with Gasteiger partial charge in [-0.15, -0.1) is 0 Å². The second kappa shape index (κ2) is 8.52. The molecule has 10 atom stereocenters. The number of hydrogen-bond acceptors (Lipinski definition) is 1. The molecule has 35 heavy (non-hydrogen) atoms. The first-order chi connectivity index (χ1) is 16.1. The van der Waals surface area contributed by atoms with E-state index in [0.717, 1.165) is 29.4 Å². The normalized spacial score (nSPS) is 45.1. The molecule has 0 bridgehead atoms. The van der Waals surface area contributed by atoms with E-state index in [0.29, 0.717) is 39.9 Å².